The molecule has 100 valence electrons. The molecule has 1 aliphatic rings. The summed E-state index contributed by atoms with van der Waals surface area (Å²) in [5, 5.41) is 0. The monoisotopic (exact) mass is 261 g/mol. The first-order chi connectivity index (χ1) is 8.48. The standard InChI is InChI=1S/C12H14F3NO2/c13-12(14,15)9-4-2-1-3-8(9)10(16)7-11-17-5-6-18-11/h1-4,10-11H,5-7,16H2. The van der Waals surface area contributed by atoms with Crippen LogP contribution in [0.4, 0.5) is 13.2 Å². The highest BCUT2D eigenvalue weighted by molar-refractivity contribution is 5.32. The number of benzene rings is 1. The zero-order valence-electron chi connectivity index (χ0n) is 9.61. The van der Waals surface area contributed by atoms with Crippen LogP contribution in [0.15, 0.2) is 24.3 Å². The summed E-state index contributed by atoms with van der Waals surface area (Å²) in [4.78, 5) is 0. The first-order valence-electron chi connectivity index (χ1n) is 5.63. The van der Waals surface area contributed by atoms with Crippen molar-refractivity contribution in [3.63, 3.8) is 0 Å². The summed E-state index contributed by atoms with van der Waals surface area (Å²) >= 11 is 0. The van der Waals surface area contributed by atoms with Crippen molar-refractivity contribution in [2.24, 2.45) is 5.73 Å². The van der Waals surface area contributed by atoms with Gasteiger partial charge in [-0.1, -0.05) is 18.2 Å². The minimum absolute atomic E-state index is 0.0732. The maximum Gasteiger partial charge on any atom is 0.416 e. The molecule has 1 atom stereocenters. The SMILES string of the molecule is NC(CC1OCCO1)c1ccccc1C(F)(F)F. The van der Waals surface area contributed by atoms with Crippen LogP contribution < -0.4 is 5.73 Å². The van der Waals surface area contributed by atoms with E-state index in [1.165, 1.54) is 12.1 Å². The van der Waals surface area contributed by atoms with Crippen molar-refractivity contribution in [1.29, 1.82) is 0 Å². The number of alkyl halides is 3. The van der Waals surface area contributed by atoms with Crippen LogP contribution in [-0.2, 0) is 15.7 Å². The maximum absolute atomic E-state index is 12.8. The van der Waals surface area contributed by atoms with Crippen LogP contribution in [-0.4, -0.2) is 19.5 Å². The summed E-state index contributed by atoms with van der Waals surface area (Å²) in [6, 6.07) is 4.56. The highest BCUT2D eigenvalue weighted by Crippen LogP contribution is 2.35. The molecule has 1 heterocycles. The van der Waals surface area contributed by atoms with Gasteiger partial charge in [0.2, 0.25) is 0 Å². The van der Waals surface area contributed by atoms with E-state index < -0.39 is 24.1 Å². The molecule has 1 aliphatic heterocycles. The van der Waals surface area contributed by atoms with E-state index in [1.807, 2.05) is 0 Å². The van der Waals surface area contributed by atoms with Crippen molar-refractivity contribution < 1.29 is 22.6 Å². The largest absolute Gasteiger partial charge is 0.416 e. The summed E-state index contributed by atoms with van der Waals surface area (Å²) < 4.78 is 48.8. The minimum Gasteiger partial charge on any atom is -0.350 e. The van der Waals surface area contributed by atoms with Gasteiger partial charge in [-0.05, 0) is 11.6 Å². The molecule has 1 aromatic carbocycles. The Morgan fingerprint density at radius 3 is 2.44 bits per heavy atom. The van der Waals surface area contributed by atoms with Crippen LogP contribution in [0.5, 0.6) is 0 Å². The smallest absolute Gasteiger partial charge is 0.350 e. The summed E-state index contributed by atoms with van der Waals surface area (Å²) in [5.74, 6) is 0. The molecule has 1 aromatic rings. The van der Waals surface area contributed by atoms with Crippen molar-refractivity contribution in [3.05, 3.63) is 35.4 Å². The van der Waals surface area contributed by atoms with Crippen LogP contribution in [0.3, 0.4) is 0 Å². The molecular weight excluding hydrogens is 247 g/mol. The van der Waals surface area contributed by atoms with Gasteiger partial charge in [0.15, 0.2) is 6.29 Å². The van der Waals surface area contributed by atoms with Crippen molar-refractivity contribution in [3.8, 4) is 0 Å². The number of ether oxygens (including phenoxy) is 2. The first kappa shape index (κ1) is 13.3. The molecular formula is C12H14F3NO2. The van der Waals surface area contributed by atoms with Gasteiger partial charge in [0.05, 0.1) is 18.8 Å². The van der Waals surface area contributed by atoms with Gasteiger partial charge < -0.3 is 15.2 Å². The van der Waals surface area contributed by atoms with Gasteiger partial charge in [-0.2, -0.15) is 13.2 Å². The fourth-order valence-electron chi connectivity index (χ4n) is 1.96. The molecule has 1 unspecified atom stereocenters. The van der Waals surface area contributed by atoms with E-state index in [4.69, 9.17) is 15.2 Å². The predicted molar refractivity (Wildman–Crippen MR) is 58.7 cm³/mol. The molecule has 0 saturated carbocycles. The summed E-state index contributed by atoms with van der Waals surface area (Å²) in [6.07, 6.45) is -4.69. The number of nitrogens with two attached hydrogens (primary N) is 1. The Bertz CT molecular complexity index is 403. The Morgan fingerprint density at radius 1 is 1.22 bits per heavy atom. The van der Waals surface area contributed by atoms with E-state index in [0.29, 0.717) is 13.2 Å². The maximum atomic E-state index is 12.8. The van der Waals surface area contributed by atoms with Gasteiger partial charge in [-0.15, -0.1) is 0 Å². The fourth-order valence-corrected chi connectivity index (χ4v) is 1.96. The third-order valence-electron chi connectivity index (χ3n) is 2.80. The summed E-state index contributed by atoms with van der Waals surface area (Å²) in [5.41, 5.74) is 5.19. The molecule has 0 amide bonds. The second-order valence-corrected chi connectivity index (χ2v) is 4.10. The van der Waals surface area contributed by atoms with Gasteiger partial charge in [0, 0.05) is 12.5 Å². The molecule has 0 spiro atoms. The fraction of sp³-hybridized carbons (Fsp3) is 0.500. The highest BCUT2D eigenvalue weighted by atomic mass is 19.4. The van der Waals surface area contributed by atoms with E-state index in [9.17, 15) is 13.2 Å². The van der Waals surface area contributed by atoms with E-state index in [-0.39, 0.29) is 12.0 Å². The molecule has 0 radical (unpaired) electrons. The average molecular weight is 261 g/mol. The summed E-state index contributed by atoms with van der Waals surface area (Å²) in [7, 11) is 0. The van der Waals surface area contributed by atoms with Crippen molar-refractivity contribution in [2.45, 2.75) is 24.9 Å². The molecule has 2 rings (SSSR count). The Kier molecular flexibility index (Phi) is 3.89. The van der Waals surface area contributed by atoms with E-state index in [0.717, 1.165) is 6.07 Å². The van der Waals surface area contributed by atoms with E-state index in [2.05, 4.69) is 0 Å². The predicted octanol–water partition coefficient (Wildman–Crippen LogP) is 2.47. The lowest BCUT2D eigenvalue weighted by Gasteiger charge is -2.20. The lowest BCUT2D eigenvalue weighted by atomic mass is 9.98. The van der Waals surface area contributed by atoms with Crippen molar-refractivity contribution in [1.82, 2.24) is 0 Å². The number of hydrogen-bond acceptors (Lipinski definition) is 3. The lowest BCUT2D eigenvalue weighted by Crippen LogP contribution is -2.22. The van der Waals surface area contributed by atoms with Gasteiger partial charge in [-0.3, -0.25) is 0 Å². The van der Waals surface area contributed by atoms with Gasteiger partial charge in [0.25, 0.3) is 0 Å². The Labute approximate surface area is 103 Å². The van der Waals surface area contributed by atoms with Crippen molar-refractivity contribution >= 4 is 0 Å². The van der Waals surface area contributed by atoms with E-state index in [1.54, 1.807) is 6.07 Å². The Balaban J connectivity index is 2.16. The second kappa shape index (κ2) is 5.26. The zero-order chi connectivity index (χ0) is 13.2. The molecule has 0 aromatic heterocycles. The number of halogens is 3. The average Bonchev–Trinajstić information content (AvgIpc) is 2.80. The minimum atomic E-state index is -4.40. The van der Waals surface area contributed by atoms with E-state index >= 15 is 0 Å². The number of rotatable bonds is 3. The third kappa shape index (κ3) is 3.01. The second-order valence-electron chi connectivity index (χ2n) is 4.10. The summed E-state index contributed by atoms with van der Waals surface area (Å²) in [6.45, 7) is 0.913. The Morgan fingerprint density at radius 2 is 1.83 bits per heavy atom. The van der Waals surface area contributed by atoms with Gasteiger partial charge in [-0.25, -0.2) is 0 Å². The van der Waals surface area contributed by atoms with Crippen molar-refractivity contribution in [2.75, 3.05) is 13.2 Å². The molecule has 0 bridgehead atoms. The Hall–Kier alpha value is -1.11. The normalized spacial score (nSPS) is 19.1. The lowest BCUT2D eigenvalue weighted by molar-refractivity contribution is -0.138. The molecule has 1 saturated heterocycles. The topological polar surface area (TPSA) is 44.5 Å². The molecule has 2 N–H and O–H groups in total. The zero-order valence-corrected chi connectivity index (χ0v) is 9.61. The molecule has 0 aliphatic carbocycles. The third-order valence-corrected chi connectivity index (χ3v) is 2.80. The van der Waals surface area contributed by atoms with Crippen LogP contribution in [0.2, 0.25) is 0 Å². The molecule has 1 fully saturated rings. The van der Waals surface area contributed by atoms with Gasteiger partial charge >= 0.3 is 6.18 Å². The molecule has 18 heavy (non-hydrogen) atoms. The van der Waals surface area contributed by atoms with Crippen LogP contribution in [0.1, 0.15) is 23.6 Å². The van der Waals surface area contributed by atoms with Crippen LogP contribution in [0, 0.1) is 0 Å². The number of hydrogen-bond donors (Lipinski definition) is 1. The molecule has 3 nitrogen and oxygen atoms in total. The quantitative estimate of drug-likeness (QED) is 0.909. The highest BCUT2D eigenvalue weighted by Gasteiger charge is 2.35. The van der Waals surface area contributed by atoms with Crippen LogP contribution >= 0.6 is 0 Å². The molecule has 6 heteroatoms. The van der Waals surface area contributed by atoms with Crippen LogP contribution in [0.25, 0.3) is 0 Å². The van der Waals surface area contributed by atoms with Gasteiger partial charge in [0.1, 0.15) is 0 Å². The first-order valence-corrected chi connectivity index (χ1v) is 5.63.